The van der Waals surface area contributed by atoms with E-state index in [4.69, 9.17) is 4.74 Å². The molecule has 0 aromatic rings. The molecule has 0 aromatic heterocycles. The standard InChI is InChI=1S/C20H41N5O3.HI/c1-11-21-17(25(10)13-16(26)24-19(4,5)6)22-12-15(14(2)3)23-18(27)28-20(7,8)9;/h14-15H,11-13H2,1-10H3,(H,21,22)(H,23,27)(H,24,26);1H. The van der Waals surface area contributed by atoms with Crippen molar-refractivity contribution >= 4 is 41.9 Å². The van der Waals surface area contributed by atoms with Crippen molar-refractivity contribution in [2.45, 2.75) is 79.5 Å². The molecule has 0 aliphatic heterocycles. The smallest absolute Gasteiger partial charge is 0.407 e. The number of nitrogens with zero attached hydrogens (tertiary/aromatic N) is 2. The first-order chi connectivity index (χ1) is 12.6. The summed E-state index contributed by atoms with van der Waals surface area (Å²) in [6.45, 7) is 18.6. The summed E-state index contributed by atoms with van der Waals surface area (Å²) in [5.74, 6) is 0.713. The highest BCUT2D eigenvalue weighted by Crippen LogP contribution is 2.09. The minimum Gasteiger partial charge on any atom is -0.444 e. The number of nitrogens with one attached hydrogen (secondary N) is 3. The lowest BCUT2D eigenvalue weighted by Gasteiger charge is -2.27. The SMILES string of the molecule is CCNC(=NCC(NC(=O)OC(C)(C)C)C(C)C)N(C)CC(=O)NC(C)(C)C.I. The summed E-state index contributed by atoms with van der Waals surface area (Å²) >= 11 is 0. The van der Waals surface area contributed by atoms with Crippen LogP contribution in [0.4, 0.5) is 4.79 Å². The van der Waals surface area contributed by atoms with E-state index in [0.29, 0.717) is 19.0 Å². The maximum atomic E-state index is 12.2. The highest BCUT2D eigenvalue weighted by molar-refractivity contribution is 14.0. The summed E-state index contributed by atoms with van der Waals surface area (Å²) < 4.78 is 5.34. The predicted octanol–water partition coefficient (Wildman–Crippen LogP) is 2.97. The lowest BCUT2D eigenvalue weighted by atomic mass is 10.1. The van der Waals surface area contributed by atoms with Gasteiger partial charge in [0, 0.05) is 19.1 Å². The third-order valence-corrected chi connectivity index (χ3v) is 3.54. The van der Waals surface area contributed by atoms with E-state index in [1.165, 1.54) is 0 Å². The van der Waals surface area contributed by atoms with Crippen LogP contribution in [0.2, 0.25) is 0 Å². The van der Waals surface area contributed by atoms with Crippen LogP contribution >= 0.6 is 24.0 Å². The molecule has 8 nitrogen and oxygen atoms in total. The van der Waals surface area contributed by atoms with Crippen molar-refractivity contribution < 1.29 is 14.3 Å². The van der Waals surface area contributed by atoms with Crippen LogP contribution < -0.4 is 16.0 Å². The molecule has 172 valence electrons. The quantitative estimate of drug-likeness (QED) is 0.269. The summed E-state index contributed by atoms with van der Waals surface area (Å²) in [7, 11) is 1.81. The Hall–Kier alpha value is -1.26. The second-order valence-corrected chi connectivity index (χ2v) is 9.35. The molecule has 1 atom stereocenters. The minimum absolute atomic E-state index is 0. The number of alkyl carbamates (subject to hydrolysis) is 1. The molecule has 0 saturated heterocycles. The van der Waals surface area contributed by atoms with Crippen LogP contribution in [0.25, 0.3) is 0 Å². The van der Waals surface area contributed by atoms with Crippen LogP contribution in [0.15, 0.2) is 4.99 Å². The van der Waals surface area contributed by atoms with Gasteiger partial charge in [0.25, 0.3) is 0 Å². The van der Waals surface area contributed by atoms with Crippen molar-refractivity contribution in [1.29, 1.82) is 0 Å². The van der Waals surface area contributed by atoms with Crippen molar-refractivity contribution in [3.63, 3.8) is 0 Å². The molecule has 29 heavy (non-hydrogen) atoms. The van der Waals surface area contributed by atoms with Gasteiger partial charge in [-0.1, -0.05) is 13.8 Å². The van der Waals surface area contributed by atoms with Gasteiger partial charge in [-0.3, -0.25) is 9.79 Å². The van der Waals surface area contributed by atoms with Gasteiger partial charge in [-0.2, -0.15) is 0 Å². The van der Waals surface area contributed by atoms with Gasteiger partial charge in [-0.15, -0.1) is 24.0 Å². The third kappa shape index (κ3) is 15.3. The second-order valence-electron chi connectivity index (χ2n) is 9.35. The molecule has 0 fully saturated rings. The minimum atomic E-state index is -0.551. The van der Waals surface area contributed by atoms with E-state index in [1.54, 1.807) is 4.90 Å². The Morgan fingerprint density at radius 2 is 1.66 bits per heavy atom. The van der Waals surface area contributed by atoms with Gasteiger partial charge in [0.05, 0.1) is 19.1 Å². The van der Waals surface area contributed by atoms with E-state index in [1.807, 2.05) is 69.4 Å². The molecule has 0 spiro atoms. The summed E-state index contributed by atoms with van der Waals surface area (Å²) in [5, 5.41) is 9.02. The number of likely N-dealkylation sites (N-methyl/N-ethyl adjacent to an activating group) is 1. The average molecular weight is 527 g/mol. The van der Waals surface area contributed by atoms with E-state index >= 15 is 0 Å². The molecule has 0 aliphatic rings. The Kier molecular flexibility index (Phi) is 13.5. The zero-order valence-corrected chi connectivity index (χ0v) is 22.1. The normalized spacial score (nSPS) is 13.3. The molecule has 2 amide bonds. The fraction of sp³-hybridized carbons (Fsp3) is 0.850. The Morgan fingerprint density at radius 3 is 2.07 bits per heavy atom. The molecule has 0 saturated carbocycles. The summed E-state index contributed by atoms with van der Waals surface area (Å²) in [4.78, 5) is 30.7. The number of aliphatic imine (C=N–C) groups is 1. The van der Waals surface area contributed by atoms with E-state index in [9.17, 15) is 9.59 Å². The molecule has 0 heterocycles. The number of halogens is 1. The summed E-state index contributed by atoms with van der Waals surface area (Å²) in [6, 6.07) is -0.180. The maximum absolute atomic E-state index is 12.2. The molecule has 0 radical (unpaired) electrons. The van der Waals surface area contributed by atoms with Gasteiger partial charge >= 0.3 is 6.09 Å². The van der Waals surface area contributed by atoms with E-state index in [-0.39, 0.29) is 53.9 Å². The van der Waals surface area contributed by atoms with Crippen molar-refractivity contribution in [2.75, 3.05) is 26.7 Å². The largest absolute Gasteiger partial charge is 0.444 e. The molecule has 0 rings (SSSR count). The topological polar surface area (TPSA) is 95.1 Å². The molecule has 9 heteroatoms. The van der Waals surface area contributed by atoms with Gasteiger partial charge in [0.2, 0.25) is 5.91 Å². The van der Waals surface area contributed by atoms with Crippen LogP contribution in [0.1, 0.15) is 62.3 Å². The third-order valence-electron chi connectivity index (χ3n) is 3.54. The summed E-state index contributed by atoms with van der Waals surface area (Å²) in [6.07, 6.45) is -0.454. The molecular weight excluding hydrogens is 485 g/mol. The first kappa shape index (κ1) is 29.9. The molecule has 0 aliphatic carbocycles. The number of hydrogen-bond donors (Lipinski definition) is 3. The fourth-order valence-corrected chi connectivity index (χ4v) is 2.28. The van der Waals surface area contributed by atoms with Crippen molar-refractivity contribution in [1.82, 2.24) is 20.9 Å². The van der Waals surface area contributed by atoms with Gasteiger partial charge in [-0.25, -0.2) is 4.79 Å². The number of hydrogen-bond acceptors (Lipinski definition) is 4. The first-order valence-corrected chi connectivity index (χ1v) is 9.94. The summed E-state index contributed by atoms with van der Waals surface area (Å²) in [5.41, 5.74) is -0.835. The van der Waals surface area contributed by atoms with Gasteiger partial charge in [0.15, 0.2) is 5.96 Å². The zero-order valence-electron chi connectivity index (χ0n) is 19.8. The van der Waals surface area contributed by atoms with Gasteiger partial charge < -0.3 is 25.6 Å². The fourth-order valence-electron chi connectivity index (χ4n) is 2.28. The number of carbonyl (C=O) groups excluding carboxylic acids is 2. The van der Waals surface area contributed by atoms with Gasteiger partial charge in [0.1, 0.15) is 5.60 Å². The monoisotopic (exact) mass is 527 g/mol. The predicted molar refractivity (Wildman–Crippen MR) is 130 cm³/mol. The van der Waals surface area contributed by atoms with Crippen LogP contribution in [0.3, 0.4) is 0 Å². The number of guanidine groups is 1. The molecule has 0 aromatic carbocycles. The molecule has 3 N–H and O–H groups in total. The van der Waals surface area contributed by atoms with Crippen LogP contribution in [-0.2, 0) is 9.53 Å². The number of ether oxygens (including phenoxy) is 1. The average Bonchev–Trinajstić information content (AvgIpc) is 2.45. The molecule has 1 unspecified atom stereocenters. The Balaban J connectivity index is 0. The molecular formula is C20H42IN5O3. The zero-order chi connectivity index (χ0) is 22.1. The number of rotatable bonds is 7. The first-order valence-electron chi connectivity index (χ1n) is 9.94. The van der Waals surface area contributed by atoms with Crippen molar-refractivity contribution in [3.05, 3.63) is 0 Å². The lowest BCUT2D eigenvalue weighted by molar-refractivity contribution is -0.122. The van der Waals surface area contributed by atoms with Crippen LogP contribution in [-0.4, -0.2) is 66.7 Å². The van der Waals surface area contributed by atoms with Crippen LogP contribution in [0, 0.1) is 5.92 Å². The molecule has 0 bridgehead atoms. The van der Waals surface area contributed by atoms with E-state index in [2.05, 4.69) is 20.9 Å². The van der Waals surface area contributed by atoms with Crippen LogP contribution in [0.5, 0.6) is 0 Å². The Bertz CT molecular complexity index is 539. The van der Waals surface area contributed by atoms with Crippen molar-refractivity contribution in [2.24, 2.45) is 10.9 Å². The Morgan fingerprint density at radius 1 is 1.10 bits per heavy atom. The highest BCUT2D eigenvalue weighted by Gasteiger charge is 2.22. The van der Waals surface area contributed by atoms with E-state index < -0.39 is 11.7 Å². The number of carbonyl (C=O) groups is 2. The van der Waals surface area contributed by atoms with Crippen molar-refractivity contribution in [3.8, 4) is 0 Å². The number of amides is 2. The second kappa shape index (κ2) is 13.1. The highest BCUT2D eigenvalue weighted by atomic mass is 127. The van der Waals surface area contributed by atoms with E-state index in [0.717, 1.165) is 0 Å². The van der Waals surface area contributed by atoms with Gasteiger partial charge in [-0.05, 0) is 54.4 Å². The maximum Gasteiger partial charge on any atom is 0.407 e. The lowest BCUT2D eigenvalue weighted by Crippen LogP contribution is -2.49. The Labute approximate surface area is 194 Å².